The zero-order chi connectivity index (χ0) is 13.9. The lowest BCUT2D eigenvalue weighted by atomic mass is 9.84. The molecule has 0 aliphatic carbocycles. The van der Waals surface area contributed by atoms with Gasteiger partial charge in [0.25, 0.3) is 0 Å². The van der Waals surface area contributed by atoms with Gasteiger partial charge < -0.3 is 14.7 Å². The molecule has 5 heteroatoms. The van der Waals surface area contributed by atoms with Gasteiger partial charge in [0.2, 0.25) is 5.91 Å². The van der Waals surface area contributed by atoms with E-state index in [0.717, 1.165) is 32.8 Å². The molecule has 0 unspecified atom stereocenters. The normalized spacial score (nSPS) is 33.4. The number of rotatable bonds is 3. The fourth-order valence-electron chi connectivity index (χ4n) is 2.69. The van der Waals surface area contributed by atoms with Crippen LogP contribution in [0, 0.1) is 5.92 Å². The quantitative estimate of drug-likeness (QED) is 0.803. The Balaban J connectivity index is 1.74. The standard InChI is InChI=1S/C14H26N2O3/c1-12-11-16(6-4-14(12,2)18)13(17)3-5-15-7-9-19-10-8-15/h12,18H,3-11H2,1-2H3/t12-,14+/m1/s1. The van der Waals surface area contributed by atoms with Crippen molar-refractivity contribution in [3.05, 3.63) is 0 Å². The van der Waals surface area contributed by atoms with Gasteiger partial charge in [-0.3, -0.25) is 9.69 Å². The van der Waals surface area contributed by atoms with E-state index in [1.165, 1.54) is 0 Å². The van der Waals surface area contributed by atoms with Gasteiger partial charge in [0.1, 0.15) is 0 Å². The third kappa shape index (κ3) is 3.91. The number of morpholine rings is 1. The summed E-state index contributed by atoms with van der Waals surface area (Å²) in [4.78, 5) is 16.4. The SMILES string of the molecule is C[C@@H]1CN(C(=O)CCN2CCOCC2)CC[C@]1(C)O. The second-order valence-electron chi connectivity index (χ2n) is 6.05. The molecule has 19 heavy (non-hydrogen) atoms. The number of hydrogen-bond donors (Lipinski definition) is 1. The summed E-state index contributed by atoms with van der Waals surface area (Å²) in [7, 11) is 0. The number of likely N-dealkylation sites (tertiary alicyclic amines) is 1. The Morgan fingerprint density at radius 3 is 2.68 bits per heavy atom. The second kappa shape index (κ2) is 6.20. The van der Waals surface area contributed by atoms with Crippen molar-refractivity contribution in [2.75, 3.05) is 45.9 Å². The first-order valence-electron chi connectivity index (χ1n) is 7.29. The van der Waals surface area contributed by atoms with Gasteiger partial charge in [-0.05, 0) is 13.3 Å². The second-order valence-corrected chi connectivity index (χ2v) is 6.05. The lowest BCUT2D eigenvalue weighted by molar-refractivity contribution is -0.138. The van der Waals surface area contributed by atoms with Crippen molar-refractivity contribution >= 4 is 5.91 Å². The highest BCUT2D eigenvalue weighted by Crippen LogP contribution is 2.27. The molecular formula is C14H26N2O3. The van der Waals surface area contributed by atoms with Crippen LogP contribution < -0.4 is 0 Å². The summed E-state index contributed by atoms with van der Waals surface area (Å²) in [5.41, 5.74) is -0.624. The van der Waals surface area contributed by atoms with Gasteiger partial charge in [-0.2, -0.15) is 0 Å². The first kappa shape index (κ1) is 14.8. The summed E-state index contributed by atoms with van der Waals surface area (Å²) >= 11 is 0. The minimum Gasteiger partial charge on any atom is -0.390 e. The van der Waals surface area contributed by atoms with Gasteiger partial charge in [-0.25, -0.2) is 0 Å². The molecule has 2 fully saturated rings. The number of amides is 1. The molecule has 110 valence electrons. The summed E-state index contributed by atoms with van der Waals surface area (Å²) in [5.74, 6) is 0.363. The highest BCUT2D eigenvalue weighted by atomic mass is 16.5. The molecule has 2 rings (SSSR count). The van der Waals surface area contributed by atoms with Gasteiger partial charge in [0.15, 0.2) is 0 Å². The lowest BCUT2D eigenvalue weighted by Crippen LogP contribution is -2.51. The highest BCUT2D eigenvalue weighted by Gasteiger charge is 2.35. The summed E-state index contributed by atoms with van der Waals surface area (Å²) in [6.45, 7) is 9.47. The van der Waals surface area contributed by atoms with Crippen LogP contribution in [-0.2, 0) is 9.53 Å². The third-order valence-corrected chi connectivity index (χ3v) is 4.54. The van der Waals surface area contributed by atoms with Crippen LogP contribution in [0.15, 0.2) is 0 Å². The molecule has 0 spiro atoms. The van der Waals surface area contributed by atoms with Gasteiger partial charge in [0, 0.05) is 45.1 Å². The van der Waals surface area contributed by atoms with E-state index in [9.17, 15) is 9.90 Å². The molecule has 1 amide bonds. The van der Waals surface area contributed by atoms with Crippen LogP contribution in [0.3, 0.4) is 0 Å². The van der Waals surface area contributed by atoms with E-state index in [1.807, 2.05) is 18.7 Å². The van der Waals surface area contributed by atoms with Gasteiger partial charge in [-0.1, -0.05) is 6.92 Å². The Kier molecular flexibility index (Phi) is 4.81. The number of hydrogen-bond acceptors (Lipinski definition) is 4. The molecular weight excluding hydrogens is 244 g/mol. The Hall–Kier alpha value is -0.650. The van der Waals surface area contributed by atoms with Crippen LogP contribution in [0.25, 0.3) is 0 Å². The van der Waals surface area contributed by atoms with Crippen LogP contribution in [-0.4, -0.2) is 72.4 Å². The zero-order valence-electron chi connectivity index (χ0n) is 12.1. The summed E-state index contributed by atoms with van der Waals surface area (Å²) in [5, 5.41) is 10.1. The molecule has 5 nitrogen and oxygen atoms in total. The van der Waals surface area contributed by atoms with E-state index in [0.29, 0.717) is 25.9 Å². The molecule has 2 heterocycles. The number of carbonyl (C=O) groups excluding carboxylic acids is 1. The third-order valence-electron chi connectivity index (χ3n) is 4.54. The van der Waals surface area contributed by atoms with Gasteiger partial charge >= 0.3 is 0 Å². The molecule has 0 aromatic heterocycles. The van der Waals surface area contributed by atoms with E-state index < -0.39 is 5.60 Å². The number of carbonyl (C=O) groups is 1. The van der Waals surface area contributed by atoms with Crippen molar-refractivity contribution in [1.29, 1.82) is 0 Å². The van der Waals surface area contributed by atoms with E-state index in [-0.39, 0.29) is 11.8 Å². The first-order chi connectivity index (χ1) is 8.99. The number of piperidine rings is 1. The average Bonchev–Trinajstić information content (AvgIpc) is 2.40. The van der Waals surface area contributed by atoms with Crippen LogP contribution >= 0.6 is 0 Å². The molecule has 0 bridgehead atoms. The van der Waals surface area contributed by atoms with Crippen molar-refractivity contribution in [2.24, 2.45) is 5.92 Å². The van der Waals surface area contributed by atoms with Crippen LogP contribution in [0.1, 0.15) is 26.7 Å². The Labute approximate surface area is 115 Å². The highest BCUT2D eigenvalue weighted by molar-refractivity contribution is 5.76. The zero-order valence-corrected chi connectivity index (χ0v) is 12.1. The van der Waals surface area contributed by atoms with E-state index in [2.05, 4.69) is 4.90 Å². The average molecular weight is 270 g/mol. The predicted molar refractivity (Wildman–Crippen MR) is 72.9 cm³/mol. The Morgan fingerprint density at radius 2 is 2.05 bits per heavy atom. The van der Waals surface area contributed by atoms with E-state index in [4.69, 9.17) is 4.74 Å². The minimum atomic E-state index is -0.624. The molecule has 0 aromatic carbocycles. The molecule has 2 atom stereocenters. The van der Waals surface area contributed by atoms with E-state index >= 15 is 0 Å². The molecule has 2 saturated heterocycles. The maximum atomic E-state index is 12.2. The summed E-state index contributed by atoms with van der Waals surface area (Å²) < 4.78 is 5.30. The first-order valence-corrected chi connectivity index (χ1v) is 7.29. The molecule has 2 aliphatic rings. The molecule has 2 aliphatic heterocycles. The molecule has 0 radical (unpaired) electrons. The van der Waals surface area contributed by atoms with Crippen molar-refractivity contribution in [1.82, 2.24) is 9.80 Å². The predicted octanol–water partition coefficient (Wildman–Crippen LogP) is 0.328. The molecule has 0 aromatic rings. The fourth-order valence-corrected chi connectivity index (χ4v) is 2.69. The maximum absolute atomic E-state index is 12.2. The largest absolute Gasteiger partial charge is 0.390 e. The maximum Gasteiger partial charge on any atom is 0.223 e. The van der Waals surface area contributed by atoms with E-state index in [1.54, 1.807) is 0 Å². The number of aliphatic hydroxyl groups is 1. The van der Waals surface area contributed by atoms with Crippen LogP contribution in [0.2, 0.25) is 0 Å². The molecule has 0 saturated carbocycles. The van der Waals surface area contributed by atoms with Gasteiger partial charge in [0.05, 0.1) is 18.8 Å². The van der Waals surface area contributed by atoms with Gasteiger partial charge in [-0.15, -0.1) is 0 Å². The monoisotopic (exact) mass is 270 g/mol. The topological polar surface area (TPSA) is 53.0 Å². The number of nitrogens with zero attached hydrogens (tertiary/aromatic N) is 2. The lowest BCUT2D eigenvalue weighted by Gasteiger charge is -2.41. The van der Waals surface area contributed by atoms with Crippen molar-refractivity contribution in [3.8, 4) is 0 Å². The summed E-state index contributed by atoms with van der Waals surface area (Å²) in [6, 6.07) is 0. The van der Waals surface area contributed by atoms with Crippen LogP contribution in [0.5, 0.6) is 0 Å². The number of ether oxygens (including phenoxy) is 1. The van der Waals surface area contributed by atoms with Crippen molar-refractivity contribution in [3.63, 3.8) is 0 Å². The van der Waals surface area contributed by atoms with Crippen molar-refractivity contribution in [2.45, 2.75) is 32.3 Å². The van der Waals surface area contributed by atoms with Crippen molar-refractivity contribution < 1.29 is 14.6 Å². The summed E-state index contributed by atoms with van der Waals surface area (Å²) in [6.07, 6.45) is 1.26. The fraction of sp³-hybridized carbons (Fsp3) is 0.929. The Bertz CT molecular complexity index is 314. The minimum absolute atomic E-state index is 0.147. The smallest absolute Gasteiger partial charge is 0.223 e. The molecule has 1 N–H and O–H groups in total. The Morgan fingerprint density at radius 1 is 1.37 bits per heavy atom. The van der Waals surface area contributed by atoms with Crippen LogP contribution in [0.4, 0.5) is 0 Å².